The van der Waals surface area contributed by atoms with Crippen LogP contribution in [0.3, 0.4) is 0 Å². The molecule has 0 spiro atoms. The fourth-order valence-corrected chi connectivity index (χ4v) is 4.91. The highest BCUT2D eigenvalue weighted by Gasteiger charge is 2.30. The van der Waals surface area contributed by atoms with Crippen molar-refractivity contribution in [3.8, 4) is 0 Å². The Bertz CT molecular complexity index is 938. The zero-order chi connectivity index (χ0) is 21.6. The lowest BCUT2D eigenvalue weighted by Gasteiger charge is -2.34. The van der Waals surface area contributed by atoms with E-state index in [-0.39, 0.29) is 0 Å². The zero-order valence-corrected chi connectivity index (χ0v) is 18.4. The van der Waals surface area contributed by atoms with E-state index in [1.54, 1.807) is 0 Å². The monoisotopic (exact) mass is 416 g/mol. The van der Waals surface area contributed by atoms with E-state index in [0.29, 0.717) is 6.29 Å². The van der Waals surface area contributed by atoms with Crippen molar-refractivity contribution in [2.75, 3.05) is 22.9 Å². The van der Waals surface area contributed by atoms with Crippen LogP contribution in [0.25, 0.3) is 0 Å². The van der Waals surface area contributed by atoms with Crippen molar-refractivity contribution in [3.05, 3.63) is 71.9 Å². The van der Waals surface area contributed by atoms with Crippen LogP contribution in [0.1, 0.15) is 56.2 Å². The highest BCUT2D eigenvalue weighted by molar-refractivity contribution is 6.28. The van der Waals surface area contributed by atoms with Gasteiger partial charge in [0.05, 0.1) is 0 Å². The predicted octanol–water partition coefficient (Wildman–Crippen LogP) is 5.48. The number of ketones is 1. The molecule has 2 aromatic rings. The van der Waals surface area contributed by atoms with Crippen LogP contribution in [0.15, 0.2) is 60.8 Å². The fourth-order valence-electron chi connectivity index (χ4n) is 4.91. The molecule has 2 heterocycles. The summed E-state index contributed by atoms with van der Waals surface area (Å²) in [5, 5.41) is 0. The third-order valence-electron chi connectivity index (χ3n) is 6.62. The summed E-state index contributed by atoms with van der Waals surface area (Å²) in [6.45, 7) is 4.50. The Kier molecular flexibility index (Phi) is 6.86. The number of hydrogen-bond donors (Lipinski definition) is 0. The van der Waals surface area contributed by atoms with Crippen molar-refractivity contribution in [1.82, 2.24) is 0 Å². The van der Waals surface area contributed by atoms with Gasteiger partial charge in [0.2, 0.25) is 5.78 Å². The molecule has 4 rings (SSSR count). The van der Waals surface area contributed by atoms with Crippen molar-refractivity contribution >= 4 is 23.4 Å². The summed E-state index contributed by atoms with van der Waals surface area (Å²) in [6, 6.07) is 15.4. The lowest BCUT2D eigenvalue weighted by Crippen LogP contribution is -2.32. The maximum absolute atomic E-state index is 12.8. The van der Waals surface area contributed by atoms with Gasteiger partial charge in [0.1, 0.15) is 6.04 Å². The summed E-state index contributed by atoms with van der Waals surface area (Å²) in [4.78, 5) is 28.9. The van der Waals surface area contributed by atoms with Crippen LogP contribution in [0.2, 0.25) is 0 Å². The van der Waals surface area contributed by atoms with Crippen LogP contribution in [-0.4, -0.2) is 25.2 Å². The molecule has 31 heavy (non-hydrogen) atoms. The second-order valence-corrected chi connectivity index (χ2v) is 8.82. The van der Waals surface area contributed by atoms with E-state index in [0.717, 1.165) is 43.1 Å². The number of allylic oxidation sites excluding steroid dienone is 1. The van der Waals surface area contributed by atoms with Crippen molar-refractivity contribution in [1.29, 1.82) is 0 Å². The first-order valence-corrected chi connectivity index (χ1v) is 11.5. The predicted molar refractivity (Wildman–Crippen MR) is 126 cm³/mol. The van der Waals surface area contributed by atoms with Gasteiger partial charge in [-0.2, -0.15) is 0 Å². The number of fused-ring (bicyclic) bond motifs is 1. The molecule has 0 bridgehead atoms. The van der Waals surface area contributed by atoms with E-state index < -0.39 is 11.8 Å². The van der Waals surface area contributed by atoms with Crippen LogP contribution in [0, 0.1) is 5.92 Å². The normalized spacial score (nSPS) is 20.2. The van der Waals surface area contributed by atoms with Gasteiger partial charge in [0.15, 0.2) is 6.29 Å². The number of Topliss-reactive ketones (excluding diaryl/α,β-unsaturated/α-hetero) is 1. The zero-order valence-electron chi connectivity index (χ0n) is 18.4. The molecule has 4 nitrogen and oxygen atoms in total. The molecule has 2 unspecified atom stereocenters. The van der Waals surface area contributed by atoms with E-state index >= 15 is 0 Å². The van der Waals surface area contributed by atoms with Gasteiger partial charge in [-0.1, -0.05) is 62.2 Å². The second-order valence-electron chi connectivity index (χ2n) is 8.82. The molecule has 0 radical (unpaired) electrons. The minimum Gasteiger partial charge on any atom is -0.371 e. The lowest BCUT2D eigenvalue weighted by atomic mass is 9.96. The van der Waals surface area contributed by atoms with Crippen molar-refractivity contribution in [3.63, 3.8) is 0 Å². The Morgan fingerprint density at radius 2 is 1.81 bits per heavy atom. The smallest absolute Gasteiger partial charge is 0.222 e. The highest BCUT2D eigenvalue weighted by Crippen LogP contribution is 2.39. The highest BCUT2D eigenvalue weighted by atomic mass is 16.2. The first-order chi connectivity index (χ1) is 15.2. The molecule has 1 saturated heterocycles. The van der Waals surface area contributed by atoms with E-state index in [2.05, 4.69) is 36.1 Å². The fraction of sp³-hybridized carbons (Fsp3) is 0.407. The summed E-state index contributed by atoms with van der Waals surface area (Å²) < 4.78 is 0. The topological polar surface area (TPSA) is 40.6 Å². The molecule has 0 aromatic heterocycles. The Morgan fingerprint density at radius 1 is 1.00 bits per heavy atom. The minimum atomic E-state index is -0.644. The van der Waals surface area contributed by atoms with Crippen molar-refractivity contribution < 1.29 is 9.59 Å². The summed E-state index contributed by atoms with van der Waals surface area (Å²) in [6.07, 6.45) is 11.4. The molecule has 0 aliphatic carbocycles. The lowest BCUT2D eigenvalue weighted by molar-refractivity contribution is -0.130. The standard InChI is InChI=1S/C27H32N2O2/c1-21-10-5-7-17-28(19-16-21)24-14-9-15-25-23(24)13-6-8-18-29(25)27(26(31)20-30)22-11-3-2-4-12-22/h2-4,8-9,11-12,14-15,18,20-21,27H,5-7,10,13,16-17,19H2,1H3. The molecule has 0 amide bonds. The van der Waals surface area contributed by atoms with Gasteiger partial charge in [-0.3, -0.25) is 9.59 Å². The molecule has 0 saturated carbocycles. The first kappa shape index (κ1) is 21.4. The summed E-state index contributed by atoms with van der Waals surface area (Å²) in [7, 11) is 0. The quantitative estimate of drug-likeness (QED) is 0.478. The van der Waals surface area contributed by atoms with Crippen LogP contribution < -0.4 is 9.80 Å². The van der Waals surface area contributed by atoms with E-state index in [1.807, 2.05) is 41.4 Å². The first-order valence-electron chi connectivity index (χ1n) is 11.5. The maximum Gasteiger partial charge on any atom is 0.222 e. The molecule has 4 heteroatoms. The van der Waals surface area contributed by atoms with E-state index in [1.165, 1.54) is 36.9 Å². The summed E-state index contributed by atoms with van der Waals surface area (Å²) in [5.41, 5.74) is 4.43. The number of hydrogen-bond acceptors (Lipinski definition) is 4. The SMILES string of the molecule is CC1CCCCN(c2cccc3c2CCC=CN3C(C(=O)C=O)c2ccccc2)CC1. The van der Waals surface area contributed by atoms with Gasteiger partial charge >= 0.3 is 0 Å². The number of rotatable bonds is 5. The van der Waals surface area contributed by atoms with Crippen molar-refractivity contribution in [2.24, 2.45) is 5.92 Å². The number of carbonyl (C=O) groups excluding carboxylic acids is 2. The molecule has 2 atom stereocenters. The number of carbonyl (C=O) groups is 2. The van der Waals surface area contributed by atoms with Gasteiger partial charge in [0.25, 0.3) is 0 Å². The van der Waals surface area contributed by atoms with Gasteiger partial charge < -0.3 is 9.80 Å². The van der Waals surface area contributed by atoms with Crippen LogP contribution in [0.5, 0.6) is 0 Å². The third-order valence-corrected chi connectivity index (χ3v) is 6.62. The van der Waals surface area contributed by atoms with Crippen LogP contribution in [-0.2, 0) is 16.0 Å². The minimum absolute atomic E-state index is 0.422. The summed E-state index contributed by atoms with van der Waals surface area (Å²) in [5.74, 6) is 0.338. The number of benzene rings is 2. The average molecular weight is 417 g/mol. The molecule has 0 N–H and O–H groups in total. The van der Waals surface area contributed by atoms with Gasteiger partial charge in [-0.05, 0) is 54.9 Å². The second kappa shape index (κ2) is 9.95. The van der Waals surface area contributed by atoms with Gasteiger partial charge in [-0.15, -0.1) is 0 Å². The molecule has 1 fully saturated rings. The maximum atomic E-state index is 12.8. The van der Waals surface area contributed by atoms with E-state index in [9.17, 15) is 9.59 Å². The van der Waals surface area contributed by atoms with Crippen LogP contribution >= 0.6 is 0 Å². The Hall–Kier alpha value is -2.88. The molecular formula is C27H32N2O2. The Labute approximate surface area is 185 Å². The van der Waals surface area contributed by atoms with Gasteiger partial charge in [0, 0.05) is 30.7 Å². The molecule has 2 aliphatic heterocycles. The summed E-state index contributed by atoms with van der Waals surface area (Å²) >= 11 is 0. The van der Waals surface area contributed by atoms with Crippen LogP contribution in [0.4, 0.5) is 11.4 Å². The average Bonchev–Trinajstić information content (AvgIpc) is 3.00. The Morgan fingerprint density at radius 3 is 2.61 bits per heavy atom. The Balaban J connectivity index is 1.75. The molecule has 2 aliphatic rings. The number of anilines is 2. The third kappa shape index (κ3) is 4.73. The van der Waals surface area contributed by atoms with Crippen molar-refractivity contribution in [2.45, 2.75) is 51.5 Å². The largest absolute Gasteiger partial charge is 0.371 e. The van der Waals surface area contributed by atoms with Gasteiger partial charge in [-0.25, -0.2) is 0 Å². The number of nitrogens with zero attached hydrogens (tertiary/aromatic N) is 2. The molecular weight excluding hydrogens is 384 g/mol. The van der Waals surface area contributed by atoms with E-state index in [4.69, 9.17) is 0 Å². The number of aldehydes is 1. The molecule has 2 aromatic carbocycles. The molecule has 162 valence electrons.